The molecule has 1 aromatic heterocycles. The Morgan fingerprint density at radius 1 is 1.11 bits per heavy atom. The van der Waals surface area contributed by atoms with Crippen molar-refractivity contribution in [2.24, 2.45) is 5.92 Å². The van der Waals surface area contributed by atoms with Crippen molar-refractivity contribution in [1.29, 1.82) is 0 Å². The van der Waals surface area contributed by atoms with Gasteiger partial charge in [-0.15, -0.1) is 0 Å². The number of aryl methyl sites for hydroxylation is 1. The minimum atomic E-state index is -4.85. The number of methoxy groups -OCH3 is 1. The van der Waals surface area contributed by atoms with Crippen LogP contribution in [0.4, 0.5) is 13.2 Å². The van der Waals surface area contributed by atoms with Crippen molar-refractivity contribution in [1.82, 2.24) is 15.0 Å². The van der Waals surface area contributed by atoms with Crippen molar-refractivity contribution < 1.29 is 27.4 Å². The summed E-state index contributed by atoms with van der Waals surface area (Å²) >= 11 is 6.35. The van der Waals surface area contributed by atoms with Crippen LogP contribution >= 0.6 is 11.6 Å². The van der Waals surface area contributed by atoms with Crippen molar-refractivity contribution in [3.05, 3.63) is 63.5 Å². The van der Waals surface area contributed by atoms with E-state index in [0.717, 1.165) is 7.11 Å². The number of aromatic amines is 1. The molecule has 1 atom stereocenters. The van der Waals surface area contributed by atoms with Crippen LogP contribution < -0.4 is 10.4 Å². The molecule has 0 amide bonds. The van der Waals surface area contributed by atoms with E-state index >= 15 is 0 Å². The van der Waals surface area contributed by atoms with Crippen LogP contribution in [0.3, 0.4) is 0 Å². The number of H-pyrrole nitrogens is 1. The van der Waals surface area contributed by atoms with Crippen molar-refractivity contribution in [2.45, 2.75) is 45.4 Å². The van der Waals surface area contributed by atoms with Crippen molar-refractivity contribution in [3.8, 4) is 28.5 Å². The molecule has 0 aliphatic carbocycles. The van der Waals surface area contributed by atoms with Crippen LogP contribution in [0.25, 0.3) is 22.8 Å². The van der Waals surface area contributed by atoms with Gasteiger partial charge in [-0.3, -0.25) is 9.78 Å². The molecule has 1 N–H and O–H groups in total. The van der Waals surface area contributed by atoms with Gasteiger partial charge in [-0.25, -0.2) is 9.78 Å². The highest BCUT2D eigenvalue weighted by Gasteiger charge is 2.56. The molecule has 0 spiro atoms. The number of hydrogen-bond donors (Lipinski definition) is 1. The fourth-order valence-corrected chi connectivity index (χ4v) is 3.60. The van der Waals surface area contributed by atoms with Gasteiger partial charge in [0.2, 0.25) is 5.60 Å². The maximum Gasteiger partial charge on any atom is 0.424 e. The highest BCUT2D eigenvalue weighted by Crippen LogP contribution is 2.35. The van der Waals surface area contributed by atoms with E-state index in [0.29, 0.717) is 41.9 Å². The van der Waals surface area contributed by atoms with Gasteiger partial charge in [-0.2, -0.15) is 18.2 Å². The zero-order chi connectivity index (χ0) is 27.4. The van der Waals surface area contributed by atoms with E-state index < -0.39 is 29.7 Å². The number of nitrogens with zero attached hydrogens (tertiary/aromatic N) is 2. The van der Waals surface area contributed by atoms with E-state index in [-0.39, 0.29) is 23.1 Å². The predicted molar refractivity (Wildman–Crippen MR) is 134 cm³/mol. The molecule has 37 heavy (non-hydrogen) atoms. The van der Waals surface area contributed by atoms with Gasteiger partial charge in [0.1, 0.15) is 11.6 Å². The lowest BCUT2D eigenvalue weighted by molar-refractivity contribution is -0.252. The van der Waals surface area contributed by atoms with Gasteiger partial charge in [-0.05, 0) is 61.2 Å². The summed E-state index contributed by atoms with van der Waals surface area (Å²) in [7, 11) is 0.848. The van der Waals surface area contributed by atoms with Crippen LogP contribution in [0.5, 0.6) is 5.75 Å². The third kappa shape index (κ3) is 6.75. The number of Topliss-reactive ketones (excluding diaryl/α,β-unsaturated/α-hetero) is 1. The first kappa shape index (κ1) is 28.3. The summed E-state index contributed by atoms with van der Waals surface area (Å²) in [6.45, 7) is 5.35. The third-order valence-electron chi connectivity index (χ3n) is 5.75. The molecule has 3 rings (SSSR count). The number of ketones is 1. The van der Waals surface area contributed by atoms with Gasteiger partial charge in [0.25, 0.3) is 0 Å². The fourth-order valence-electron chi connectivity index (χ4n) is 3.40. The van der Waals surface area contributed by atoms with E-state index in [4.69, 9.17) is 16.3 Å². The highest BCUT2D eigenvalue weighted by atomic mass is 35.5. The lowest BCUT2D eigenvalue weighted by Gasteiger charge is -2.29. The summed E-state index contributed by atoms with van der Waals surface area (Å²) in [6.07, 6.45) is -5.26. The van der Waals surface area contributed by atoms with E-state index in [1.54, 1.807) is 36.4 Å². The van der Waals surface area contributed by atoms with Crippen LogP contribution in [0.1, 0.15) is 32.8 Å². The zero-order valence-electron chi connectivity index (χ0n) is 20.8. The molecule has 0 radical (unpaired) electrons. The average molecular weight is 538 g/mol. The minimum absolute atomic E-state index is 0.00194. The number of ether oxygens (including phenoxy) is 2. The molecule has 0 aliphatic heterocycles. The third-order valence-corrected chi connectivity index (χ3v) is 6.08. The number of hydrogen-bond acceptors (Lipinski definition) is 6. The molecule has 0 saturated heterocycles. The number of aromatic nitrogens is 3. The lowest BCUT2D eigenvalue weighted by Crippen LogP contribution is -2.51. The normalized spacial score (nSPS) is 13.4. The largest absolute Gasteiger partial charge is 0.493 e. The summed E-state index contributed by atoms with van der Waals surface area (Å²) in [5.74, 6) is 0.226. The second kappa shape index (κ2) is 11.4. The first-order valence-electron chi connectivity index (χ1n) is 11.5. The Labute approximate surface area is 217 Å². The van der Waals surface area contributed by atoms with Crippen LogP contribution in [0, 0.1) is 5.92 Å². The summed E-state index contributed by atoms with van der Waals surface area (Å²) in [5.41, 5.74) is -2.11. The molecular formula is C26H27ClF3N3O4. The minimum Gasteiger partial charge on any atom is -0.493 e. The van der Waals surface area contributed by atoms with Crippen molar-refractivity contribution in [3.63, 3.8) is 0 Å². The molecule has 0 saturated carbocycles. The molecule has 7 nitrogen and oxygen atoms in total. The molecule has 198 valence electrons. The Morgan fingerprint density at radius 3 is 2.38 bits per heavy atom. The Kier molecular flexibility index (Phi) is 8.76. The van der Waals surface area contributed by atoms with E-state index in [1.165, 1.54) is 6.07 Å². The number of carbonyl (C=O) groups is 1. The van der Waals surface area contributed by atoms with Crippen molar-refractivity contribution >= 4 is 17.4 Å². The Balaban J connectivity index is 1.85. The smallest absolute Gasteiger partial charge is 0.424 e. The summed E-state index contributed by atoms with van der Waals surface area (Å²) in [6, 6.07) is 11.6. The second-order valence-corrected chi connectivity index (χ2v) is 9.43. The molecule has 0 bridgehead atoms. The van der Waals surface area contributed by atoms with Crippen molar-refractivity contribution in [2.75, 3.05) is 13.7 Å². The number of halogens is 4. The van der Waals surface area contributed by atoms with Gasteiger partial charge in [-0.1, -0.05) is 31.5 Å². The number of alkyl halides is 3. The Morgan fingerprint density at radius 2 is 1.78 bits per heavy atom. The van der Waals surface area contributed by atoms with E-state index in [2.05, 4.69) is 19.7 Å². The lowest BCUT2D eigenvalue weighted by atomic mass is 9.94. The van der Waals surface area contributed by atoms with Crippen LogP contribution in [0.15, 0.2) is 47.3 Å². The topological polar surface area (TPSA) is 94.2 Å². The van der Waals surface area contributed by atoms with E-state index in [9.17, 15) is 22.8 Å². The number of carbonyl (C=O) groups excluding carboxylic acids is 1. The van der Waals surface area contributed by atoms with Crippen LogP contribution in [-0.4, -0.2) is 46.2 Å². The first-order valence-corrected chi connectivity index (χ1v) is 11.9. The zero-order valence-corrected chi connectivity index (χ0v) is 21.5. The van der Waals surface area contributed by atoms with E-state index in [1.807, 2.05) is 13.8 Å². The molecule has 2 aromatic carbocycles. The van der Waals surface area contributed by atoms with Gasteiger partial charge < -0.3 is 9.47 Å². The highest BCUT2D eigenvalue weighted by molar-refractivity contribution is 6.33. The summed E-state index contributed by atoms with van der Waals surface area (Å²) < 4.78 is 50.1. The number of benzene rings is 2. The molecule has 11 heteroatoms. The Hall–Kier alpha value is -3.24. The van der Waals surface area contributed by atoms with Crippen LogP contribution in [0.2, 0.25) is 5.02 Å². The van der Waals surface area contributed by atoms with Gasteiger partial charge in [0, 0.05) is 24.7 Å². The molecule has 3 aromatic rings. The van der Waals surface area contributed by atoms with Gasteiger partial charge in [0.05, 0.1) is 11.6 Å². The quantitative estimate of drug-likeness (QED) is 0.359. The monoisotopic (exact) mass is 537 g/mol. The standard InChI is InChI=1S/C26H27ClF3N3O4/c1-15(2)14-37-18-9-7-17(8-10-18)22-31-23(33-24(35)32-22)19-13-16(5-11-20(19)27)6-12-21(34)25(3,36-4)26(28,29)30/h5,7-11,13,15H,6,12,14H2,1-4H3,(H,31,32,33,35)/t25-/m1/s1. The molecule has 0 unspecified atom stereocenters. The summed E-state index contributed by atoms with van der Waals surface area (Å²) in [4.78, 5) is 35.6. The second-order valence-electron chi connectivity index (χ2n) is 9.03. The predicted octanol–water partition coefficient (Wildman–Crippen LogP) is 5.66. The summed E-state index contributed by atoms with van der Waals surface area (Å²) in [5, 5.41) is 0.254. The molecular weight excluding hydrogens is 511 g/mol. The van der Waals surface area contributed by atoms with Gasteiger partial charge >= 0.3 is 11.9 Å². The number of nitrogens with one attached hydrogen (secondary N) is 1. The average Bonchev–Trinajstić information content (AvgIpc) is 2.85. The Bertz CT molecular complexity index is 1310. The fraction of sp³-hybridized carbons (Fsp3) is 0.385. The molecule has 0 aliphatic rings. The van der Waals surface area contributed by atoms with Gasteiger partial charge in [0.15, 0.2) is 11.6 Å². The molecule has 1 heterocycles. The maximum absolute atomic E-state index is 13.3. The maximum atomic E-state index is 13.3. The number of rotatable bonds is 10. The van der Waals surface area contributed by atoms with Crippen LogP contribution in [-0.2, 0) is 16.0 Å². The first-order chi connectivity index (χ1) is 17.3. The molecule has 0 fully saturated rings. The SMILES string of the molecule is CO[C@](C)(C(=O)CCc1ccc(Cl)c(-c2nc(-c3ccc(OCC(C)C)cc3)nc(=O)[nH]2)c1)C(F)(F)F.